The van der Waals surface area contributed by atoms with Crippen molar-refractivity contribution >= 4 is 0 Å². The number of rotatable bonds is 1. The average Bonchev–Trinajstić information content (AvgIpc) is 2.32. The van der Waals surface area contributed by atoms with Gasteiger partial charge in [0.15, 0.2) is 0 Å². The van der Waals surface area contributed by atoms with Gasteiger partial charge in [-0.1, -0.05) is 67.6 Å². The molecule has 0 spiro atoms. The summed E-state index contributed by atoms with van der Waals surface area (Å²) in [6, 6.07) is 18.8. The second-order valence-corrected chi connectivity index (χ2v) is 3.15. The van der Waals surface area contributed by atoms with E-state index in [1.807, 2.05) is 12.1 Å². The third-order valence-corrected chi connectivity index (χ3v) is 1.99. The number of benzene rings is 2. The van der Waals surface area contributed by atoms with E-state index >= 15 is 0 Å². The molecule has 0 fully saturated rings. The number of aryl methyl sites for hydroxylation is 1. The van der Waals surface area contributed by atoms with Crippen LogP contribution in [0.2, 0.25) is 0 Å². The molecule has 2 aromatic rings. The number of para-hydroxylation sites is 1. The van der Waals surface area contributed by atoms with Crippen LogP contribution in [-0.2, 0) is 6.42 Å². The maximum atomic E-state index is 10.3. The van der Waals surface area contributed by atoms with Crippen molar-refractivity contribution in [2.45, 2.75) is 13.3 Å². The predicted octanol–water partition coefficient (Wildman–Crippen LogP) is 0.0132. The van der Waals surface area contributed by atoms with Crippen molar-refractivity contribution in [1.82, 2.24) is 0 Å². The predicted molar refractivity (Wildman–Crippen MR) is 61.7 cm³/mol. The van der Waals surface area contributed by atoms with Crippen LogP contribution in [0.1, 0.15) is 12.5 Å². The molecule has 16 heavy (non-hydrogen) atoms. The largest absolute Gasteiger partial charge is 1.00 e. The van der Waals surface area contributed by atoms with Gasteiger partial charge in [0.05, 0.1) is 0 Å². The molecule has 0 bridgehead atoms. The summed E-state index contributed by atoms with van der Waals surface area (Å²) in [4.78, 5) is 0. The minimum atomic E-state index is 0. The van der Waals surface area contributed by atoms with Gasteiger partial charge in [-0.15, -0.1) is 5.75 Å². The van der Waals surface area contributed by atoms with E-state index in [1.165, 1.54) is 17.7 Å². The van der Waals surface area contributed by atoms with Crippen molar-refractivity contribution in [3.8, 4) is 5.75 Å². The first kappa shape index (κ1) is 15.2. The molecule has 2 aromatic carbocycles. The van der Waals surface area contributed by atoms with Crippen LogP contribution in [0.3, 0.4) is 0 Å². The molecule has 0 N–H and O–H groups in total. The van der Waals surface area contributed by atoms with Crippen LogP contribution >= 0.6 is 0 Å². The molecule has 0 amide bonds. The molecule has 0 aromatic heterocycles. The Morgan fingerprint density at radius 3 is 1.50 bits per heavy atom. The molecule has 0 heterocycles. The van der Waals surface area contributed by atoms with Gasteiger partial charge < -0.3 is 5.11 Å². The van der Waals surface area contributed by atoms with Gasteiger partial charge in [-0.3, -0.25) is 0 Å². The van der Waals surface area contributed by atoms with Crippen molar-refractivity contribution in [2.24, 2.45) is 0 Å². The Morgan fingerprint density at radius 2 is 1.25 bits per heavy atom. The molecular weight excluding hydrogens is 207 g/mol. The van der Waals surface area contributed by atoms with Crippen LogP contribution in [-0.4, -0.2) is 0 Å². The summed E-state index contributed by atoms with van der Waals surface area (Å²) < 4.78 is 0. The normalized spacial score (nSPS) is 8.31. The SMILES string of the molecule is CCc1ccccc1.[Na+].[O-]c1ccccc1. The van der Waals surface area contributed by atoms with E-state index in [4.69, 9.17) is 0 Å². The first-order valence-corrected chi connectivity index (χ1v) is 5.09. The van der Waals surface area contributed by atoms with E-state index in [1.54, 1.807) is 12.1 Å². The molecule has 0 saturated heterocycles. The van der Waals surface area contributed by atoms with Crippen LogP contribution in [0.5, 0.6) is 5.75 Å². The zero-order chi connectivity index (χ0) is 10.9. The van der Waals surface area contributed by atoms with Crippen molar-refractivity contribution in [2.75, 3.05) is 0 Å². The van der Waals surface area contributed by atoms with E-state index in [9.17, 15) is 5.11 Å². The Kier molecular flexibility index (Phi) is 9.02. The summed E-state index contributed by atoms with van der Waals surface area (Å²) in [7, 11) is 0. The van der Waals surface area contributed by atoms with Gasteiger partial charge in [0.1, 0.15) is 0 Å². The van der Waals surface area contributed by atoms with Crippen LogP contribution in [0.4, 0.5) is 0 Å². The molecule has 0 aliphatic rings. The summed E-state index contributed by atoms with van der Waals surface area (Å²) >= 11 is 0. The molecule has 0 aliphatic heterocycles. The van der Waals surface area contributed by atoms with Gasteiger partial charge in [-0.05, 0) is 12.0 Å². The van der Waals surface area contributed by atoms with E-state index in [2.05, 4.69) is 31.2 Å². The molecule has 0 saturated carbocycles. The second-order valence-electron chi connectivity index (χ2n) is 3.15. The van der Waals surface area contributed by atoms with E-state index in [0.29, 0.717) is 0 Å². The maximum absolute atomic E-state index is 10.3. The average molecular weight is 222 g/mol. The monoisotopic (exact) mass is 222 g/mol. The molecule has 1 nitrogen and oxygen atoms in total. The van der Waals surface area contributed by atoms with Crippen molar-refractivity contribution in [3.05, 3.63) is 66.2 Å². The molecular formula is C14H15NaO. The van der Waals surface area contributed by atoms with Crippen LogP contribution in [0.15, 0.2) is 60.7 Å². The molecule has 0 unspecified atom stereocenters. The second kappa shape index (κ2) is 9.46. The standard InChI is InChI=1S/C8H10.C6H6O.Na/c1-2-8-6-4-3-5-7-8;7-6-4-2-1-3-5-6;/h3-7H,2H2,1H3;1-5,7H;/q;;+1/p-1. The Hall–Kier alpha value is -0.760. The van der Waals surface area contributed by atoms with Gasteiger partial charge >= 0.3 is 29.6 Å². The Balaban J connectivity index is 0.000000267. The Morgan fingerprint density at radius 1 is 0.812 bits per heavy atom. The van der Waals surface area contributed by atoms with Crippen LogP contribution in [0.25, 0.3) is 0 Å². The van der Waals surface area contributed by atoms with E-state index in [0.717, 1.165) is 6.42 Å². The fourth-order valence-corrected chi connectivity index (χ4v) is 1.13. The summed E-state index contributed by atoms with van der Waals surface area (Å²) in [6.45, 7) is 2.16. The summed E-state index contributed by atoms with van der Waals surface area (Å²) in [5, 5.41) is 10.3. The van der Waals surface area contributed by atoms with Crippen LogP contribution < -0.4 is 34.7 Å². The van der Waals surface area contributed by atoms with Gasteiger partial charge in [0.2, 0.25) is 0 Å². The molecule has 0 aliphatic carbocycles. The molecule has 78 valence electrons. The van der Waals surface area contributed by atoms with Crippen molar-refractivity contribution in [3.63, 3.8) is 0 Å². The Bertz CT molecular complexity index is 359. The molecule has 0 radical (unpaired) electrons. The minimum Gasteiger partial charge on any atom is -0.872 e. The number of hydrogen-bond donors (Lipinski definition) is 0. The van der Waals surface area contributed by atoms with E-state index in [-0.39, 0.29) is 35.3 Å². The Labute approximate surface area is 119 Å². The van der Waals surface area contributed by atoms with Crippen LogP contribution in [0, 0.1) is 0 Å². The van der Waals surface area contributed by atoms with Gasteiger partial charge in [0.25, 0.3) is 0 Å². The first-order valence-electron chi connectivity index (χ1n) is 5.09. The summed E-state index contributed by atoms with van der Waals surface area (Å²) in [5.41, 5.74) is 1.41. The summed E-state index contributed by atoms with van der Waals surface area (Å²) in [6.07, 6.45) is 1.14. The third-order valence-electron chi connectivity index (χ3n) is 1.99. The molecule has 0 atom stereocenters. The topological polar surface area (TPSA) is 23.1 Å². The number of hydrogen-bond acceptors (Lipinski definition) is 1. The quantitative estimate of drug-likeness (QED) is 0.623. The van der Waals surface area contributed by atoms with Gasteiger partial charge in [0, 0.05) is 0 Å². The molecule has 2 rings (SSSR count). The zero-order valence-electron chi connectivity index (χ0n) is 9.89. The van der Waals surface area contributed by atoms with E-state index < -0.39 is 0 Å². The van der Waals surface area contributed by atoms with Gasteiger partial charge in [-0.25, -0.2) is 0 Å². The van der Waals surface area contributed by atoms with Crippen molar-refractivity contribution < 1.29 is 34.7 Å². The zero-order valence-corrected chi connectivity index (χ0v) is 11.9. The fraction of sp³-hybridized carbons (Fsp3) is 0.143. The smallest absolute Gasteiger partial charge is 0.872 e. The molecule has 2 heteroatoms. The van der Waals surface area contributed by atoms with Crippen molar-refractivity contribution in [1.29, 1.82) is 0 Å². The minimum absolute atomic E-state index is 0. The van der Waals surface area contributed by atoms with Gasteiger partial charge in [-0.2, -0.15) is 0 Å². The first-order chi connectivity index (χ1) is 7.33. The fourth-order valence-electron chi connectivity index (χ4n) is 1.13. The summed E-state index contributed by atoms with van der Waals surface area (Å²) in [5.74, 6) is 0.0718. The third kappa shape index (κ3) is 6.67. The maximum Gasteiger partial charge on any atom is 1.00 e.